The third kappa shape index (κ3) is 4.56. The third-order valence-corrected chi connectivity index (χ3v) is 6.09. The van der Waals surface area contributed by atoms with Crippen molar-refractivity contribution in [1.29, 1.82) is 0 Å². The van der Waals surface area contributed by atoms with Crippen molar-refractivity contribution in [3.05, 3.63) is 60.1 Å². The molecule has 0 bridgehead atoms. The van der Waals surface area contributed by atoms with Crippen LogP contribution in [-0.4, -0.2) is 59.2 Å². The first-order valence-corrected chi connectivity index (χ1v) is 10.5. The average molecular weight is 409 g/mol. The number of amides is 3. The summed E-state index contributed by atoms with van der Waals surface area (Å²) in [7, 11) is 0. The van der Waals surface area contributed by atoms with Gasteiger partial charge in [0.25, 0.3) is 5.91 Å². The zero-order valence-corrected chi connectivity index (χ0v) is 17.0. The Kier molecular flexibility index (Phi) is 5.88. The summed E-state index contributed by atoms with van der Waals surface area (Å²) in [6.07, 6.45) is 4.49. The Morgan fingerprint density at radius 2 is 1.73 bits per heavy atom. The van der Waals surface area contributed by atoms with Gasteiger partial charge in [0.05, 0.1) is 6.26 Å². The molecule has 0 radical (unpaired) electrons. The number of hydrogen-bond acceptors (Lipinski definition) is 4. The molecule has 3 heterocycles. The van der Waals surface area contributed by atoms with Crippen molar-refractivity contribution < 1.29 is 18.8 Å². The fourth-order valence-electron chi connectivity index (χ4n) is 4.39. The number of nitrogens with one attached hydrogen (secondary N) is 1. The number of nitrogens with zero attached hydrogens (tertiary/aromatic N) is 2. The lowest BCUT2D eigenvalue weighted by atomic mass is 9.85. The maximum atomic E-state index is 12.8. The van der Waals surface area contributed by atoms with Gasteiger partial charge in [0, 0.05) is 44.6 Å². The summed E-state index contributed by atoms with van der Waals surface area (Å²) in [6.45, 7) is 2.03. The molecular formula is C23H27N3O4. The molecule has 2 fully saturated rings. The fourth-order valence-corrected chi connectivity index (χ4v) is 4.39. The standard InChI is InChI=1S/C23H27N3O4/c27-20-8-10-23(24-20,17-18-5-2-1-3-6-18)11-9-21(28)25-12-14-26(15-13-25)22(29)19-7-4-16-30-19/h1-7,16H,8-15,17H2,(H,24,27). The first kappa shape index (κ1) is 20.2. The van der Waals surface area contributed by atoms with Crippen LogP contribution in [0.1, 0.15) is 41.8 Å². The molecule has 2 aliphatic rings. The lowest BCUT2D eigenvalue weighted by Crippen LogP contribution is -2.51. The van der Waals surface area contributed by atoms with Gasteiger partial charge in [0.15, 0.2) is 5.76 Å². The Morgan fingerprint density at radius 3 is 2.37 bits per heavy atom. The van der Waals surface area contributed by atoms with E-state index in [4.69, 9.17) is 4.42 Å². The number of rotatable bonds is 6. The highest BCUT2D eigenvalue weighted by Crippen LogP contribution is 2.30. The van der Waals surface area contributed by atoms with Crippen LogP contribution in [0.2, 0.25) is 0 Å². The van der Waals surface area contributed by atoms with E-state index < -0.39 is 0 Å². The minimum atomic E-state index is -0.356. The molecule has 30 heavy (non-hydrogen) atoms. The van der Waals surface area contributed by atoms with Gasteiger partial charge in [-0.05, 0) is 37.0 Å². The highest BCUT2D eigenvalue weighted by Gasteiger charge is 2.38. The normalized spacial score (nSPS) is 21.5. The van der Waals surface area contributed by atoms with E-state index in [0.29, 0.717) is 51.2 Å². The van der Waals surface area contributed by atoms with E-state index in [0.717, 1.165) is 18.4 Å². The lowest BCUT2D eigenvalue weighted by Gasteiger charge is -2.35. The predicted octanol–water partition coefficient (Wildman–Crippen LogP) is 2.24. The highest BCUT2D eigenvalue weighted by atomic mass is 16.3. The second-order valence-corrected chi connectivity index (χ2v) is 8.14. The molecule has 1 N–H and O–H groups in total. The van der Waals surface area contributed by atoms with E-state index in [2.05, 4.69) is 17.4 Å². The quantitative estimate of drug-likeness (QED) is 0.793. The van der Waals surface area contributed by atoms with Crippen LogP contribution >= 0.6 is 0 Å². The maximum Gasteiger partial charge on any atom is 0.289 e. The molecule has 1 aromatic heterocycles. The van der Waals surface area contributed by atoms with Gasteiger partial charge in [-0.2, -0.15) is 0 Å². The molecule has 4 rings (SSSR count). The Labute approximate surface area is 176 Å². The zero-order valence-electron chi connectivity index (χ0n) is 17.0. The van der Waals surface area contributed by atoms with E-state index in [1.54, 1.807) is 17.0 Å². The van der Waals surface area contributed by atoms with Crippen LogP contribution in [-0.2, 0) is 16.0 Å². The number of furan rings is 1. The molecular weight excluding hydrogens is 382 g/mol. The number of carbonyl (C=O) groups is 3. The van der Waals surface area contributed by atoms with Gasteiger partial charge in [0.2, 0.25) is 11.8 Å². The van der Waals surface area contributed by atoms with Crippen LogP contribution in [0.4, 0.5) is 0 Å². The molecule has 7 heteroatoms. The smallest absolute Gasteiger partial charge is 0.289 e. The second kappa shape index (κ2) is 8.73. The topological polar surface area (TPSA) is 82.9 Å². The van der Waals surface area contributed by atoms with E-state index >= 15 is 0 Å². The molecule has 0 spiro atoms. The first-order valence-electron chi connectivity index (χ1n) is 10.5. The molecule has 1 aromatic carbocycles. The van der Waals surface area contributed by atoms with Gasteiger partial charge in [0.1, 0.15) is 0 Å². The predicted molar refractivity (Wildman–Crippen MR) is 111 cm³/mol. The minimum absolute atomic E-state index is 0.0587. The van der Waals surface area contributed by atoms with Gasteiger partial charge < -0.3 is 19.5 Å². The highest BCUT2D eigenvalue weighted by molar-refractivity contribution is 5.91. The third-order valence-electron chi connectivity index (χ3n) is 6.09. The summed E-state index contributed by atoms with van der Waals surface area (Å²) in [5, 5.41) is 3.14. The maximum absolute atomic E-state index is 12.8. The number of carbonyl (C=O) groups excluding carboxylic acids is 3. The van der Waals surface area contributed by atoms with Crippen LogP contribution in [0.3, 0.4) is 0 Å². The van der Waals surface area contributed by atoms with E-state index in [9.17, 15) is 14.4 Å². The van der Waals surface area contributed by atoms with Gasteiger partial charge in [-0.1, -0.05) is 30.3 Å². The molecule has 2 aliphatic heterocycles. The van der Waals surface area contributed by atoms with Crippen LogP contribution in [0.15, 0.2) is 53.1 Å². The molecule has 1 unspecified atom stereocenters. The molecule has 2 saturated heterocycles. The van der Waals surface area contributed by atoms with Crippen molar-refractivity contribution in [1.82, 2.24) is 15.1 Å². The monoisotopic (exact) mass is 409 g/mol. The van der Waals surface area contributed by atoms with Crippen molar-refractivity contribution >= 4 is 17.7 Å². The SMILES string of the molecule is O=C1CCC(CCC(=O)N2CCN(C(=O)c3ccco3)CC2)(Cc2ccccc2)N1. The molecule has 2 aromatic rings. The van der Waals surface area contributed by atoms with Crippen LogP contribution in [0, 0.1) is 0 Å². The Balaban J connectivity index is 1.31. The molecule has 0 saturated carbocycles. The molecule has 3 amide bonds. The van der Waals surface area contributed by atoms with Gasteiger partial charge in [-0.15, -0.1) is 0 Å². The lowest BCUT2D eigenvalue weighted by molar-refractivity contribution is -0.133. The van der Waals surface area contributed by atoms with Crippen LogP contribution < -0.4 is 5.32 Å². The number of piperazine rings is 1. The van der Waals surface area contributed by atoms with Crippen LogP contribution in [0.25, 0.3) is 0 Å². The van der Waals surface area contributed by atoms with Crippen molar-refractivity contribution in [3.8, 4) is 0 Å². The van der Waals surface area contributed by atoms with E-state index in [-0.39, 0.29) is 23.3 Å². The summed E-state index contributed by atoms with van der Waals surface area (Å²) in [4.78, 5) is 40.7. The summed E-state index contributed by atoms with van der Waals surface area (Å²) < 4.78 is 5.18. The summed E-state index contributed by atoms with van der Waals surface area (Å²) >= 11 is 0. The Bertz CT molecular complexity index is 888. The molecule has 7 nitrogen and oxygen atoms in total. The van der Waals surface area contributed by atoms with E-state index in [1.165, 1.54) is 6.26 Å². The summed E-state index contributed by atoms with van der Waals surface area (Å²) in [6, 6.07) is 13.4. The Hall–Kier alpha value is -3.09. The molecule has 1 atom stereocenters. The van der Waals surface area contributed by atoms with Gasteiger partial charge in [-0.25, -0.2) is 0 Å². The zero-order chi connectivity index (χ0) is 21.0. The largest absolute Gasteiger partial charge is 0.459 e. The van der Waals surface area contributed by atoms with Crippen molar-refractivity contribution in [2.75, 3.05) is 26.2 Å². The fraction of sp³-hybridized carbons (Fsp3) is 0.435. The van der Waals surface area contributed by atoms with Crippen molar-refractivity contribution in [2.24, 2.45) is 0 Å². The first-order chi connectivity index (χ1) is 14.5. The van der Waals surface area contributed by atoms with Crippen molar-refractivity contribution in [3.63, 3.8) is 0 Å². The average Bonchev–Trinajstić information content (AvgIpc) is 3.43. The second-order valence-electron chi connectivity index (χ2n) is 8.14. The van der Waals surface area contributed by atoms with Gasteiger partial charge >= 0.3 is 0 Å². The Morgan fingerprint density at radius 1 is 1.00 bits per heavy atom. The van der Waals surface area contributed by atoms with Crippen LogP contribution in [0.5, 0.6) is 0 Å². The summed E-state index contributed by atoms with van der Waals surface area (Å²) in [5.74, 6) is 0.328. The van der Waals surface area contributed by atoms with Gasteiger partial charge in [-0.3, -0.25) is 14.4 Å². The van der Waals surface area contributed by atoms with Crippen molar-refractivity contribution in [2.45, 2.75) is 37.6 Å². The van der Waals surface area contributed by atoms with E-state index in [1.807, 2.05) is 23.1 Å². The molecule has 0 aliphatic carbocycles. The molecule has 158 valence electrons. The number of benzene rings is 1. The summed E-state index contributed by atoms with van der Waals surface area (Å²) in [5.41, 5.74) is 0.808. The number of hydrogen-bond donors (Lipinski definition) is 1. The minimum Gasteiger partial charge on any atom is -0.459 e.